The lowest BCUT2D eigenvalue weighted by Crippen LogP contribution is -2.31. The van der Waals surface area contributed by atoms with Crippen LogP contribution in [-0.4, -0.2) is 44.2 Å². The molecule has 1 aliphatic rings. The number of aromatic nitrogens is 3. The van der Waals surface area contributed by atoms with Crippen molar-refractivity contribution in [3.05, 3.63) is 11.9 Å². The number of amides is 3. The van der Waals surface area contributed by atoms with E-state index in [1.54, 1.807) is 10.9 Å². The number of nitrogens with zero attached hydrogens (tertiary/aromatic N) is 4. The zero-order valence-electron chi connectivity index (χ0n) is 14.5. The molecule has 0 bridgehead atoms. The highest BCUT2D eigenvalue weighted by Crippen LogP contribution is 2.27. The van der Waals surface area contributed by atoms with Gasteiger partial charge in [0.2, 0.25) is 17.7 Å². The number of imide groups is 1. The molecule has 8 nitrogen and oxygen atoms in total. The SMILES string of the molecule is CCCNC(=O)CCn1cc(CN2C(=O)CC(C(C)C)C2=O)nn1. The van der Waals surface area contributed by atoms with E-state index in [0.717, 1.165) is 6.42 Å². The van der Waals surface area contributed by atoms with Crippen molar-refractivity contribution in [1.82, 2.24) is 25.2 Å². The Kier molecular flexibility index (Phi) is 6.05. The van der Waals surface area contributed by atoms with Gasteiger partial charge in [-0.15, -0.1) is 5.10 Å². The molecule has 8 heteroatoms. The third-order valence-electron chi connectivity index (χ3n) is 4.13. The van der Waals surface area contributed by atoms with Crippen molar-refractivity contribution >= 4 is 17.7 Å². The first kappa shape index (κ1) is 18.1. The van der Waals surface area contributed by atoms with Crippen LogP contribution in [-0.2, 0) is 27.5 Å². The van der Waals surface area contributed by atoms with Gasteiger partial charge in [0.1, 0.15) is 5.69 Å². The van der Waals surface area contributed by atoms with Gasteiger partial charge in [-0.3, -0.25) is 24.0 Å². The van der Waals surface area contributed by atoms with Gasteiger partial charge >= 0.3 is 0 Å². The number of rotatable bonds is 8. The first-order valence-electron chi connectivity index (χ1n) is 8.42. The topological polar surface area (TPSA) is 97.2 Å². The van der Waals surface area contributed by atoms with Crippen LogP contribution in [0.1, 0.15) is 45.7 Å². The van der Waals surface area contributed by atoms with Gasteiger partial charge in [-0.25, -0.2) is 0 Å². The summed E-state index contributed by atoms with van der Waals surface area (Å²) in [6.07, 6.45) is 3.16. The maximum Gasteiger partial charge on any atom is 0.233 e. The van der Waals surface area contributed by atoms with E-state index in [-0.39, 0.29) is 42.5 Å². The molecule has 24 heavy (non-hydrogen) atoms. The highest BCUT2D eigenvalue weighted by Gasteiger charge is 2.40. The molecule has 1 unspecified atom stereocenters. The molecule has 132 valence electrons. The van der Waals surface area contributed by atoms with Gasteiger partial charge in [0.15, 0.2) is 0 Å². The van der Waals surface area contributed by atoms with Gasteiger partial charge in [-0.1, -0.05) is 26.0 Å². The highest BCUT2D eigenvalue weighted by atomic mass is 16.2. The Balaban J connectivity index is 1.88. The molecule has 3 amide bonds. The number of hydrogen-bond acceptors (Lipinski definition) is 5. The monoisotopic (exact) mass is 335 g/mol. The van der Waals surface area contributed by atoms with Crippen molar-refractivity contribution in [3.63, 3.8) is 0 Å². The summed E-state index contributed by atoms with van der Waals surface area (Å²) in [7, 11) is 0. The van der Waals surface area contributed by atoms with Crippen LogP contribution >= 0.6 is 0 Å². The third kappa shape index (κ3) is 4.39. The van der Waals surface area contributed by atoms with Crippen molar-refractivity contribution in [2.75, 3.05) is 6.54 Å². The van der Waals surface area contributed by atoms with Crippen molar-refractivity contribution in [2.45, 2.75) is 53.1 Å². The van der Waals surface area contributed by atoms with Crippen LogP contribution in [0.25, 0.3) is 0 Å². The second-order valence-electron chi connectivity index (χ2n) is 6.45. The van der Waals surface area contributed by atoms with Crippen LogP contribution in [0.5, 0.6) is 0 Å². The number of carbonyl (C=O) groups excluding carboxylic acids is 3. The quantitative estimate of drug-likeness (QED) is 0.706. The molecule has 1 aliphatic heterocycles. The van der Waals surface area contributed by atoms with Gasteiger partial charge in [0, 0.05) is 25.3 Å². The lowest BCUT2D eigenvalue weighted by atomic mass is 9.94. The van der Waals surface area contributed by atoms with Crippen LogP contribution in [0, 0.1) is 11.8 Å². The highest BCUT2D eigenvalue weighted by molar-refractivity contribution is 6.03. The summed E-state index contributed by atoms with van der Waals surface area (Å²) >= 11 is 0. The molecule has 1 N–H and O–H groups in total. The van der Waals surface area contributed by atoms with Gasteiger partial charge in [-0.2, -0.15) is 0 Å². The maximum absolute atomic E-state index is 12.3. The van der Waals surface area contributed by atoms with Crippen LogP contribution in [0.3, 0.4) is 0 Å². The molecule has 0 radical (unpaired) electrons. The fourth-order valence-electron chi connectivity index (χ4n) is 2.65. The van der Waals surface area contributed by atoms with Gasteiger partial charge in [0.05, 0.1) is 19.3 Å². The Morgan fingerprint density at radius 1 is 1.42 bits per heavy atom. The Labute approximate surface area is 141 Å². The molecule has 1 saturated heterocycles. The molecule has 2 rings (SSSR count). The summed E-state index contributed by atoms with van der Waals surface area (Å²) in [5.74, 6) is -0.423. The van der Waals surface area contributed by atoms with Crippen LogP contribution in [0.2, 0.25) is 0 Å². The normalized spacial score (nSPS) is 17.8. The average molecular weight is 335 g/mol. The van der Waals surface area contributed by atoms with E-state index in [4.69, 9.17) is 0 Å². The number of carbonyl (C=O) groups is 3. The molecule has 1 atom stereocenters. The number of hydrogen-bond donors (Lipinski definition) is 1. The van der Waals surface area contributed by atoms with Crippen molar-refractivity contribution in [3.8, 4) is 0 Å². The maximum atomic E-state index is 12.3. The molecule has 0 aliphatic carbocycles. The summed E-state index contributed by atoms with van der Waals surface area (Å²) in [4.78, 5) is 37.1. The molecule has 1 aromatic rings. The predicted molar refractivity (Wildman–Crippen MR) is 86.4 cm³/mol. The first-order chi connectivity index (χ1) is 11.4. The Morgan fingerprint density at radius 3 is 2.79 bits per heavy atom. The zero-order chi connectivity index (χ0) is 17.7. The molecule has 1 aromatic heterocycles. The van der Waals surface area contributed by atoms with Crippen LogP contribution in [0.4, 0.5) is 0 Å². The average Bonchev–Trinajstić information content (AvgIpc) is 3.10. The van der Waals surface area contributed by atoms with E-state index in [0.29, 0.717) is 25.2 Å². The minimum absolute atomic E-state index is 0.0291. The standard InChI is InChI=1S/C16H25N5O3/c1-4-6-17-14(22)5-7-20-9-12(18-19-20)10-21-15(23)8-13(11(2)3)16(21)24/h9,11,13H,4-8,10H2,1-3H3,(H,17,22). The molecule has 0 saturated carbocycles. The second-order valence-corrected chi connectivity index (χ2v) is 6.45. The Morgan fingerprint density at radius 2 is 2.17 bits per heavy atom. The molecular weight excluding hydrogens is 310 g/mol. The third-order valence-corrected chi connectivity index (χ3v) is 4.13. The fourth-order valence-corrected chi connectivity index (χ4v) is 2.65. The fraction of sp³-hybridized carbons (Fsp3) is 0.688. The minimum Gasteiger partial charge on any atom is -0.356 e. The molecule has 0 aromatic carbocycles. The van der Waals surface area contributed by atoms with E-state index in [1.807, 2.05) is 20.8 Å². The molecule has 2 heterocycles. The van der Waals surface area contributed by atoms with E-state index in [1.165, 1.54) is 4.90 Å². The lowest BCUT2D eigenvalue weighted by Gasteiger charge is -2.14. The van der Waals surface area contributed by atoms with Crippen molar-refractivity contribution < 1.29 is 14.4 Å². The van der Waals surface area contributed by atoms with Gasteiger partial charge in [0.25, 0.3) is 0 Å². The van der Waals surface area contributed by atoms with Crippen LogP contribution < -0.4 is 5.32 Å². The summed E-state index contributed by atoms with van der Waals surface area (Å²) in [6, 6.07) is 0. The molecular formula is C16H25N5O3. The van der Waals surface area contributed by atoms with Crippen molar-refractivity contribution in [1.29, 1.82) is 0 Å². The number of aryl methyl sites for hydroxylation is 1. The Hall–Kier alpha value is -2.25. The Bertz CT molecular complexity index is 611. The molecule has 0 spiro atoms. The summed E-state index contributed by atoms with van der Waals surface area (Å²) < 4.78 is 1.56. The number of nitrogens with one attached hydrogen (secondary N) is 1. The zero-order valence-corrected chi connectivity index (χ0v) is 14.5. The molecule has 1 fully saturated rings. The van der Waals surface area contributed by atoms with Crippen LogP contribution in [0.15, 0.2) is 6.20 Å². The minimum atomic E-state index is -0.241. The summed E-state index contributed by atoms with van der Waals surface area (Å²) in [6.45, 7) is 7.10. The first-order valence-corrected chi connectivity index (χ1v) is 8.42. The summed E-state index contributed by atoms with van der Waals surface area (Å²) in [5, 5.41) is 10.7. The van der Waals surface area contributed by atoms with E-state index < -0.39 is 0 Å². The van der Waals surface area contributed by atoms with E-state index in [2.05, 4.69) is 15.6 Å². The number of likely N-dealkylation sites (tertiary alicyclic amines) is 1. The predicted octanol–water partition coefficient (Wildman–Crippen LogP) is 0.726. The lowest BCUT2D eigenvalue weighted by molar-refractivity contribution is -0.140. The second kappa shape index (κ2) is 8.03. The van der Waals surface area contributed by atoms with Gasteiger partial charge in [-0.05, 0) is 12.3 Å². The smallest absolute Gasteiger partial charge is 0.233 e. The van der Waals surface area contributed by atoms with E-state index in [9.17, 15) is 14.4 Å². The van der Waals surface area contributed by atoms with E-state index >= 15 is 0 Å². The largest absolute Gasteiger partial charge is 0.356 e. The van der Waals surface area contributed by atoms with Gasteiger partial charge < -0.3 is 5.32 Å². The van der Waals surface area contributed by atoms with Crippen molar-refractivity contribution in [2.24, 2.45) is 11.8 Å². The summed E-state index contributed by atoms with van der Waals surface area (Å²) in [5.41, 5.74) is 0.551.